The Labute approximate surface area is 98.5 Å². The number of aryl methyl sites for hydroxylation is 1. The van der Waals surface area contributed by atoms with E-state index in [1.807, 2.05) is 0 Å². The largest absolute Gasteiger partial charge is 0.325 e. The summed E-state index contributed by atoms with van der Waals surface area (Å²) in [5, 5.41) is 6.71. The molecule has 6 heteroatoms. The minimum atomic E-state index is -0.199. The fraction of sp³-hybridized carbons (Fsp3) is 0.182. The van der Waals surface area contributed by atoms with Crippen molar-refractivity contribution in [2.24, 2.45) is 12.8 Å². The first kappa shape index (κ1) is 11.3. The molecule has 6 nitrogen and oxygen atoms in total. The van der Waals surface area contributed by atoms with Crippen molar-refractivity contribution in [3.8, 4) is 0 Å². The second-order valence-electron chi connectivity index (χ2n) is 3.60. The first-order valence-corrected chi connectivity index (χ1v) is 5.14. The average molecular weight is 231 g/mol. The number of nitrogens with one attached hydrogen (secondary N) is 1. The Bertz CT molecular complexity index is 534. The molecule has 0 spiro atoms. The van der Waals surface area contributed by atoms with Gasteiger partial charge < -0.3 is 11.1 Å². The summed E-state index contributed by atoms with van der Waals surface area (Å²) >= 11 is 0. The third-order valence-corrected chi connectivity index (χ3v) is 2.25. The van der Waals surface area contributed by atoms with Crippen molar-refractivity contribution < 1.29 is 4.79 Å². The van der Waals surface area contributed by atoms with Gasteiger partial charge >= 0.3 is 0 Å². The van der Waals surface area contributed by atoms with E-state index >= 15 is 0 Å². The van der Waals surface area contributed by atoms with Gasteiger partial charge in [-0.3, -0.25) is 14.5 Å². The quantitative estimate of drug-likeness (QED) is 0.806. The van der Waals surface area contributed by atoms with Crippen LogP contribution in [0.2, 0.25) is 0 Å². The highest BCUT2D eigenvalue weighted by Crippen LogP contribution is 2.08. The number of carbonyl (C=O) groups excluding carboxylic acids is 1. The number of hydrogen-bond donors (Lipinski definition) is 2. The molecular formula is C11H13N5O. The zero-order valence-corrected chi connectivity index (χ0v) is 9.42. The number of nitrogens with two attached hydrogens (primary N) is 1. The highest BCUT2D eigenvalue weighted by molar-refractivity contribution is 6.04. The van der Waals surface area contributed by atoms with Crippen molar-refractivity contribution in [2.75, 3.05) is 5.32 Å². The van der Waals surface area contributed by atoms with Crippen LogP contribution in [0.3, 0.4) is 0 Å². The van der Waals surface area contributed by atoms with E-state index < -0.39 is 0 Å². The summed E-state index contributed by atoms with van der Waals surface area (Å²) in [7, 11) is 1.79. The maximum absolute atomic E-state index is 11.9. The topological polar surface area (TPSA) is 85.8 Å². The summed E-state index contributed by atoms with van der Waals surface area (Å²) in [6, 6.07) is 3.32. The molecule has 3 N–H and O–H groups in total. The van der Waals surface area contributed by atoms with Gasteiger partial charge in [-0.05, 0) is 12.1 Å². The van der Waals surface area contributed by atoms with E-state index in [2.05, 4.69) is 15.4 Å². The summed E-state index contributed by atoms with van der Waals surface area (Å²) in [4.78, 5) is 15.9. The number of hydrogen-bond acceptors (Lipinski definition) is 4. The molecular weight excluding hydrogens is 218 g/mol. The van der Waals surface area contributed by atoms with Crippen molar-refractivity contribution in [3.63, 3.8) is 0 Å². The van der Waals surface area contributed by atoms with Crippen LogP contribution in [-0.4, -0.2) is 20.7 Å². The van der Waals surface area contributed by atoms with Crippen LogP contribution in [0.5, 0.6) is 0 Å². The minimum Gasteiger partial charge on any atom is -0.325 e. The van der Waals surface area contributed by atoms with Gasteiger partial charge in [0.05, 0.1) is 17.6 Å². The van der Waals surface area contributed by atoms with Crippen LogP contribution in [0.1, 0.15) is 16.1 Å². The lowest BCUT2D eigenvalue weighted by atomic mass is 10.2. The Morgan fingerprint density at radius 2 is 2.41 bits per heavy atom. The van der Waals surface area contributed by atoms with Gasteiger partial charge in [-0.25, -0.2) is 0 Å². The zero-order chi connectivity index (χ0) is 12.3. The molecule has 1 amide bonds. The predicted molar refractivity (Wildman–Crippen MR) is 63.3 cm³/mol. The summed E-state index contributed by atoms with van der Waals surface area (Å²) in [5.74, 6) is -0.199. The Balaban J connectivity index is 2.14. The molecule has 0 saturated heterocycles. The highest BCUT2D eigenvalue weighted by Gasteiger charge is 2.07. The molecule has 0 fully saturated rings. The summed E-state index contributed by atoms with van der Waals surface area (Å²) in [6.45, 7) is 0.314. The second kappa shape index (κ2) is 4.75. The van der Waals surface area contributed by atoms with Crippen molar-refractivity contribution in [3.05, 3.63) is 42.0 Å². The fourth-order valence-corrected chi connectivity index (χ4v) is 1.42. The first-order valence-electron chi connectivity index (χ1n) is 5.14. The number of pyridine rings is 1. The monoisotopic (exact) mass is 231 g/mol. The van der Waals surface area contributed by atoms with Crippen molar-refractivity contribution in [1.29, 1.82) is 0 Å². The SMILES string of the molecule is Cn1cc(NC(=O)c2ccnc(CN)c2)cn1. The van der Waals surface area contributed by atoms with Gasteiger partial charge in [0.2, 0.25) is 0 Å². The Morgan fingerprint density at radius 3 is 3.06 bits per heavy atom. The first-order chi connectivity index (χ1) is 8.19. The number of carbonyl (C=O) groups is 1. The normalized spacial score (nSPS) is 10.2. The molecule has 0 radical (unpaired) electrons. The second-order valence-corrected chi connectivity index (χ2v) is 3.60. The molecule has 0 aliphatic heterocycles. The number of anilines is 1. The molecule has 0 aliphatic carbocycles. The van der Waals surface area contributed by atoms with Crippen molar-refractivity contribution >= 4 is 11.6 Å². The molecule has 2 aromatic heterocycles. The Kier molecular flexibility index (Phi) is 3.15. The van der Waals surface area contributed by atoms with Crippen LogP contribution in [0.4, 0.5) is 5.69 Å². The molecule has 88 valence electrons. The highest BCUT2D eigenvalue weighted by atomic mass is 16.1. The number of amides is 1. The van der Waals surface area contributed by atoms with E-state index in [0.29, 0.717) is 23.5 Å². The maximum Gasteiger partial charge on any atom is 0.255 e. The molecule has 0 atom stereocenters. The van der Waals surface area contributed by atoms with Crippen LogP contribution < -0.4 is 11.1 Å². The smallest absolute Gasteiger partial charge is 0.255 e. The van der Waals surface area contributed by atoms with Gasteiger partial charge in [0.1, 0.15) is 0 Å². The Hall–Kier alpha value is -2.21. The van der Waals surface area contributed by atoms with Gasteiger partial charge in [0.25, 0.3) is 5.91 Å². The predicted octanol–water partition coefficient (Wildman–Crippen LogP) is 0.526. The zero-order valence-electron chi connectivity index (χ0n) is 9.42. The lowest BCUT2D eigenvalue weighted by Gasteiger charge is -2.03. The minimum absolute atomic E-state index is 0.199. The van der Waals surface area contributed by atoms with Gasteiger partial charge in [-0.2, -0.15) is 5.10 Å². The lowest BCUT2D eigenvalue weighted by Crippen LogP contribution is -2.12. The molecule has 0 aromatic carbocycles. The standard InChI is InChI=1S/C11H13N5O/c1-16-7-10(6-14-16)15-11(17)8-2-3-13-9(4-8)5-12/h2-4,6-7H,5,12H2,1H3,(H,15,17). The molecule has 2 heterocycles. The van der Waals surface area contributed by atoms with E-state index in [4.69, 9.17) is 5.73 Å². The summed E-state index contributed by atoms with van der Waals surface area (Å²) in [5.41, 5.74) is 7.34. The van der Waals surface area contributed by atoms with Crippen molar-refractivity contribution in [2.45, 2.75) is 6.54 Å². The van der Waals surface area contributed by atoms with E-state index in [-0.39, 0.29) is 5.91 Å². The molecule has 0 bridgehead atoms. The van der Waals surface area contributed by atoms with Crippen LogP contribution in [-0.2, 0) is 13.6 Å². The third-order valence-electron chi connectivity index (χ3n) is 2.25. The molecule has 17 heavy (non-hydrogen) atoms. The fourth-order valence-electron chi connectivity index (χ4n) is 1.42. The summed E-state index contributed by atoms with van der Waals surface area (Å²) < 4.78 is 1.62. The number of aromatic nitrogens is 3. The molecule has 0 aliphatic rings. The maximum atomic E-state index is 11.9. The van der Waals surface area contributed by atoms with E-state index in [1.165, 1.54) is 0 Å². The van der Waals surface area contributed by atoms with E-state index in [0.717, 1.165) is 0 Å². The third kappa shape index (κ3) is 2.67. The van der Waals surface area contributed by atoms with Gasteiger partial charge in [0.15, 0.2) is 0 Å². The van der Waals surface area contributed by atoms with Gasteiger partial charge in [-0.15, -0.1) is 0 Å². The number of rotatable bonds is 3. The molecule has 0 saturated carbocycles. The van der Waals surface area contributed by atoms with E-state index in [9.17, 15) is 4.79 Å². The summed E-state index contributed by atoms with van der Waals surface area (Å²) in [6.07, 6.45) is 4.88. The van der Waals surface area contributed by atoms with Crippen molar-refractivity contribution in [1.82, 2.24) is 14.8 Å². The lowest BCUT2D eigenvalue weighted by molar-refractivity contribution is 0.102. The average Bonchev–Trinajstić information content (AvgIpc) is 2.75. The van der Waals surface area contributed by atoms with E-state index in [1.54, 1.807) is 42.5 Å². The molecule has 0 unspecified atom stereocenters. The van der Waals surface area contributed by atoms with Crippen LogP contribution in [0, 0.1) is 0 Å². The molecule has 2 aromatic rings. The van der Waals surface area contributed by atoms with Crippen LogP contribution in [0.25, 0.3) is 0 Å². The molecule has 2 rings (SSSR count). The van der Waals surface area contributed by atoms with Crippen LogP contribution >= 0.6 is 0 Å². The Morgan fingerprint density at radius 1 is 1.59 bits per heavy atom. The van der Waals surface area contributed by atoms with Crippen LogP contribution in [0.15, 0.2) is 30.7 Å². The van der Waals surface area contributed by atoms with Gasteiger partial charge in [-0.1, -0.05) is 0 Å². The number of nitrogens with zero attached hydrogens (tertiary/aromatic N) is 3. The van der Waals surface area contributed by atoms with Gasteiger partial charge in [0, 0.05) is 31.5 Å².